The van der Waals surface area contributed by atoms with E-state index >= 15 is 0 Å². The van der Waals surface area contributed by atoms with Gasteiger partial charge in [0.1, 0.15) is 23.3 Å². The maximum absolute atomic E-state index is 12.0. The summed E-state index contributed by atoms with van der Waals surface area (Å²) in [7, 11) is -6.12. The summed E-state index contributed by atoms with van der Waals surface area (Å²) in [6.07, 6.45) is 0. The first kappa shape index (κ1) is 76.3. The first-order chi connectivity index (χ1) is 59.5. The zero-order chi connectivity index (χ0) is 83.4. The van der Waals surface area contributed by atoms with Gasteiger partial charge in [-0.3, -0.25) is 0 Å². The van der Waals surface area contributed by atoms with E-state index < -0.39 is 16.1 Å². The van der Waals surface area contributed by atoms with E-state index in [1.54, 1.807) is 0 Å². The lowest BCUT2D eigenvalue weighted by molar-refractivity contribution is 0.668. The van der Waals surface area contributed by atoms with Gasteiger partial charge in [-0.1, -0.05) is 352 Å². The lowest BCUT2D eigenvalue weighted by atomic mass is 9.84. The van der Waals surface area contributed by atoms with Crippen molar-refractivity contribution in [1.29, 1.82) is 10.5 Å². The third-order valence-corrected chi connectivity index (χ3v) is 35.3. The Morgan fingerprint density at radius 2 is 0.541 bits per heavy atom. The fourth-order valence-corrected chi connectivity index (χ4v) is 29.0. The van der Waals surface area contributed by atoms with E-state index in [-0.39, 0.29) is 11.8 Å². The van der Waals surface area contributed by atoms with Crippen molar-refractivity contribution in [3.8, 4) is 34.4 Å². The maximum Gasteiger partial charge on any atom is 0.179 e. The summed E-state index contributed by atoms with van der Waals surface area (Å²) >= 11 is 0. The fraction of sp³-hybridized carbons (Fsp3) is 0.105. The molecule has 0 unspecified atom stereocenters. The highest BCUT2D eigenvalue weighted by Crippen LogP contribution is 2.55. The van der Waals surface area contributed by atoms with Crippen molar-refractivity contribution in [3.05, 3.63) is 407 Å². The molecule has 0 aliphatic rings. The lowest BCUT2D eigenvalue weighted by Crippen LogP contribution is -2.74. The number of fused-ring (bicyclic) bond motifs is 6. The van der Waals surface area contributed by atoms with Crippen LogP contribution in [0.25, 0.3) is 98.4 Å². The van der Waals surface area contributed by atoms with Crippen molar-refractivity contribution in [3.63, 3.8) is 0 Å². The predicted molar refractivity (Wildman–Crippen MR) is 518 cm³/mol. The molecule has 0 N–H and O–H groups in total. The molecule has 2 heterocycles. The molecule has 0 aliphatic heterocycles. The fourth-order valence-electron chi connectivity index (χ4n) is 19.6. The van der Waals surface area contributed by atoms with Gasteiger partial charge in [-0.15, -0.1) is 0 Å². The summed E-state index contributed by atoms with van der Waals surface area (Å²) in [4.78, 5) is 4.68. The van der Waals surface area contributed by atoms with Crippen LogP contribution >= 0.6 is 0 Å². The van der Waals surface area contributed by atoms with Crippen LogP contribution in [-0.4, -0.2) is 16.1 Å². The molecule has 2 aromatic heterocycles. The van der Waals surface area contributed by atoms with E-state index in [9.17, 15) is 10.5 Å². The van der Waals surface area contributed by atoms with Gasteiger partial charge in [0, 0.05) is 32.3 Å². The summed E-state index contributed by atoms with van der Waals surface area (Å²) in [5.41, 5.74) is 22.3. The second-order valence-corrected chi connectivity index (χ2v) is 41.7. The molecular weight excluding hydrogens is 1510 g/mol. The Morgan fingerprint density at radius 1 is 0.246 bits per heavy atom. The summed E-state index contributed by atoms with van der Waals surface area (Å²) in [5.74, 6) is 0.0479. The summed E-state index contributed by atoms with van der Waals surface area (Å²) in [6.45, 7) is 22.2. The molecule has 8 heteroatoms. The van der Waals surface area contributed by atoms with Crippen LogP contribution in [0.3, 0.4) is 0 Å². The quantitative estimate of drug-likeness (QED) is 0.0484. The molecule has 0 atom stereocenters. The van der Waals surface area contributed by atoms with E-state index in [1.165, 1.54) is 74.9 Å². The monoisotopic (exact) mass is 1600 g/mol. The predicted octanol–water partition coefficient (Wildman–Crippen LogP) is 25.3. The number of aryl methyl sites for hydroxylation is 6. The van der Waals surface area contributed by atoms with Gasteiger partial charge in [-0.25, -0.2) is 0 Å². The number of para-hydroxylation sites is 4. The van der Waals surface area contributed by atoms with Crippen molar-refractivity contribution in [2.75, 3.05) is 9.80 Å². The van der Waals surface area contributed by atoms with Gasteiger partial charge in [0.2, 0.25) is 0 Å². The molecule has 18 aromatic carbocycles. The van der Waals surface area contributed by atoms with Crippen LogP contribution < -0.4 is 51.3 Å². The summed E-state index contributed by atoms with van der Waals surface area (Å²) in [6, 6.07) is 136. The first-order valence-electron chi connectivity index (χ1n) is 42.4. The molecular formula is C114H90N4O2Si2. The Balaban J connectivity index is 0.840. The minimum absolute atomic E-state index is 0.0239. The van der Waals surface area contributed by atoms with Crippen molar-refractivity contribution in [2.45, 2.75) is 81.1 Å². The standard InChI is InChI=1S/C114H90N4O2Si2/c1-71(2)101-67-107(117(103-27-17-25-97-93-23-11-13-29-109(93)119-113(97)103)105-65-81(43-45-83(105)69-115)79-19-15-21-91(63-79)121(85-47-31-73(5)32-48-85,86-49-33-74(6)34-50-86)87-51-35-75(7)36-52-87)99-62-60-96-102(72(3)4)68-108(100-61-59-95(101)111(99)112(96)100)118(104-28-18-26-98-94-24-12-14-30-110(94)120-114(98)104)106-66-82(44-46-84(106)70-116)80-20-16-22-92(64-80)122(88-53-37-76(8)38-54-88,89-55-39-77(9)40-56-89)90-57-41-78(10)42-58-90/h11-68,71-72H,1-10H3. The molecule has 0 radical (unpaired) electrons. The van der Waals surface area contributed by atoms with Crippen LogP contribution in [0.4, 0.5) is 34.1 Å². The zero-order valence-electron chi connectivity index (χ0n) is 70.2. The van der Waals surface area contributed by atoms with Gasteiger partial charge in [-0.2, -0.15) is 10.5 Å². The minimum Gasteiger partial charge on any atom is -0.454 e. The molecule has 0 saturated carbocycles. The highest BCUT2D eigenvalue weighted by Gasteiger charge is 2.44. The van der Waals surface area contributed by atoms with Gasteiger partial charge < -0.3 is 18.6 Å². The second kappa shape index (κ2) is 30.5. The second-order valence-electron chi connectivity index (χ2n) is 34.1. The lowest BCUT2D eigenvalue weighted by Gasteiger charge is -2.35. The number of nitriles is 2. The number of rotatable bonds is 18. The maximum atomic E-state index is 12.0. The molecule has 6 nitrogen and oxygen atoms in total. The van der Waals surface area contributed by atoms with E-state index in [0.29, 0.717) is 33.7 Å². The number of nitrogens with zero attached hydrogens (tertiary/aromatic N) is 4. The number of benzene rings is 18. The number of hydrogen-bond acceptors (Lipinski definition) is 6. The highest BCUT2D eigenvalue weighted by atomic mass is 28.3. The van der Waals surface area contributed by atoms with Crippen molar-refractivity contribution in [1.82, 2.24) is 0 Å². The smallest absolute Gasteiger partial charge is 0.179 e. The van der Waals surface area contributed by atoms with Crippen molar-refractivity contribution >= 4 is 168 Å². The van der Waals surface area contributed by atoms with Gasteiger partial charge in [0.15, 0.2) is 27.3 Å². The Labute approximate surface area is 715 Å². The average molecular weight is 1600 g/mol. The molecule has 0 saturated heterocycles. The van der Waals surface area contributed by atoms with Crippen LogP contribution in [0.5, 0.6) is 0 Å². The minimum atomic E-state index is -3.06. The number of hydrogen-bond donors (Lipinski definition) is 0. The molecule has 20 rings (SSSR count). The van der Waals surface area contributed by atoms with Crippen molar-refractivity contribution < 1.29 is 8.83 Å². The van der Waals surface area contributed by atoms with E-state index in [2.05, 4.69) is 407 Å². The third kappa shape index (κ3) is 12.5. The molecule has 0 spiro atoms. The van der Waals surface area contributed by atoms with Crippen LogP contribution in [0.1, 0.15) is 95.2 Å². The zero-order valence-corrected chi connectivity index (χ0v) is 72.2. The average Bonchev–Trinajstić information content (AvgIpc) is 0.764. The molecule has 0 amide bonds. The summed E-state index contributed by atoms with van der Waals surface area (Å²) in [5, 5.41) is 44.6. The Morgan fingerprint density at radius 3 is 0.861 bits per heavy atom. The summed E-state index contributed by atoms with van der Waals surface area (Å²) < 4.78 is 14.4. The van der Waals surface area contributed by atoms with Crippen LogP contribution in [-0.2, 0) is 0 Å². The van der Waals surface area contributed by atoms with E-state index in [1.807, 2.05) is 36.4 Å². The Kier molecular flexibility index (Phi) is 19.0. The molecule has 0 fully saturated rings. The first-order valence-corrected chi connectivity index (χ1v) is 46.4. The van der Waals surface area contributed by atoms with Gasteiger partial charge in [0.05, 0.1) is 45.3 Å². The molecule has 122 heavy (non-hydrogen) atoms. The molecule has 0 bridgehead atoms. The molecule has 0 aliphatic carbocycles. The van der Waals surface area contributed by atoms with Crippen LogP contribution in [0, 0.1) is 64.2 Å². The van der Waals surface area contributed by atoms with Crippen molar-refractivity contribution in [2.24, 2.45) is 0 Å². The molecule has 20 aromatic rings. The Bertz CT molecular complexity index is 6920. The van der Waals surface area contributed by atoms with Gasteiger partial charge >= 0.3 is 0 Å². The SMILES string of the molecule is Cc1ccc([Si](c2ccc(C)cc2)(c2ccc(C)cc2)c2cccc(-c3ccc(C#N)c(N(c4cc(C(C)C)c5ccc6c(N(c7cc(-c8cccc([Si](c9ccc(C)cc9)(c9ccc(C)cc9)c9ccc(C)cc9)c8)ccc7C#N)c7cccc8c7oc7ccccc78)cc(C(C)C)c7ccc4c5c76)c4cccc5c4oc4ccccc45)c3)c2)cc1. The van der Waals surface area contributed by atoms with E-state index in [0.717, 1.165) is 121 Å². The molecule has 586 valence electrons. The van der Waals surface area contributed by atoms with Crippen LogP contribution in [0.15, 0.2) is 361 Å². The van der Waals surface area contributed by atoms with Crippen LogP contribution in [0.2, 0.25) is 0 Å². The van der Waals surface area contributed by atoms with E-state index in [4.69, 9.17) is 8.83 Å². The van der Waals surface area contributed by atoms with Gasteiger partial charge in [-0.05, 0) is 210 Å². The Hall–Kier alpha value is -14.4. The number of anilines is 6. The van der Waals surface area contributed by atoms with Gasteiger partial charge in [0.25, 0.3) is 0 Å². The normalized spacial score (nSPS) is 12.0. The topological polar surface area (TPSA) is 80.3 Å². The number of furan rings is 2. The third-order valence-electron chi connectivity index (χ3n) is 25.8. The largest absolute Gasteiger partial charge is 0.454 e. The highest BCUT2D eigenvalue weighted by molar-refractivity contribution is 7.20.